The van der Waals surface area contributed by atoms with Gasteiger partial charge in [0.05, 0.1) is 13.2 Å². The number of aliphatic carboxylic acids is 1. The van der Waals surface area contributed by atoms with Gasteiger partial charge in [-0.3, -0.25) is 9.69 Å². The summed E-state index contributed by atoms with van der Waals surface area (Å²) in [5.41, 5.74) is -0.745. The van der Waals surface area contributed by atoms with Gasteiger partial charge in [0.2, 0.25) is 0 Å². The highest BCUT2D eigenvalue weighted by Gasteiger charge is 2.74. The Morgan fingerprint density at radius 3 is 2.43 bits per heavy atom. The zero-order valence-electron chi connectivity index (χ0n) is 20.2. The van der Waals surface area contributed by atoms with Crippen LogP contribution >= 0.6 is 22.9 Å². The van der Waals surface area contributed by atoms with E-state index in [0.717, 1.165) is 53.4 Å². The molecule has 196 valence electrons. The lowest BCUT2D eigenvalue weighted by atomic mass is 9.86. The van der Waals surface area contributed by atoms with Gasteiger partial charge in [-0.25, -0.2) is 8.42 Å². The summed E-state index contributed by atoms with van der Waals surface area (Å²) >= 11 is 7.08. The van der Waals surface area contributed by atoms with E-state index >= 15 is 0 Å². The molecular formula is C27H29ClN2O5S2. The molecule has 0 radical (unpaired) electrons. The van der Waals surface area contributed by atoms with Crippen LogP contribution in [-0.2, 0) is 25.0 Å². The minimum Gasteiger partial charge on any atom is -0.480 e. The SMILES string of the molecule is O=C(O)C1(NS(=O)(=O)c2ccc(-c3ccc(Cl)cc3)s2)CC1(CCCN1CCOCC1)c1ccccc1. The van der Waals surface area contributed by atoms with Crippen LogP contribution in [0.5, 0.6) is 0 Å². The monoisotopic (exact) mass is 560 g/mol. The third kappa shape index (κ3) is 5.21. The molecule has 5 rings (SSSR count). The number of ether oxygens (including phenoxy) is 1. The topological polar surface area (TPSA) is 95.9 Å². The van der Waals surface area contributed by atoms with Crippen LogP contribution in [0.2, 0.25) is 5.02 Å². The maximum atomic E-state index is 13.5. The van der Waals surface area contributed by atoms with E-state index in [1.807, 2.05) is 42.5 Å². The van der Waals surface area contributed by atoms with Crippen molar-refractivity contribution in [2.45, 2.75) is 34.4 Å². The number of thiophene rings is 1. The van der Waals surface area contributed by atoms with Crippen molar-refractivity contribution >= 4 is 38.9 Å². The van der Waals surface area contributed by atoms with Gasteiger partial charge in [-0.2, -0.15) is 4.72 Å². The number of morpholine rings is 1. The van der Waals surface area contributed by atoms with Crippen LogP contribution in [0.3, 0.4) is 0 Å². The summed E-state index contributed by atoms with van der Waals surface area (Å²) in [4.78, 5) is 15.8. The van der Waals surface area contributed by atoms with Crippen LogP contribution in [0.15, 0.2) is 70.9 Å². The van der Waals surface area contributed by atoms with Gasteiger partial charge in [0.1, 0.15) is 9.75 Å². The van der Waals surface area contributed by atoms with Crippen molar-refractivity contribution in [3.63, 3.8) is 0 Å². The lowest BCUT2D eigenvalue weighted by Gasteiger charge is -2.28. The molecule has 1 saturated heterocycles. The number of halogens is 1. The molecule has 0 spiro atoms. The van der Waals surface area contributed by atoms with E-state index in [2.05, 4.69) is 9.62 Å². The Hall–Kier alpha value is -2.27. The van der Waals surface area contributed by atoms with Crippen molar-refractivity contribution in [2.75, 3.05) is 32.8 Å². The number of carboxylic acid groups (broad SMARTS) is 1. The van der Waals surface area contributed by atoms with Gasteiger partial charge < -0.3 is 9.84 Å². The third-order valence-electron chi connectivity index (χ3n) is 7.42. The average Bonchev–Trinajstić information content (AvgIpc) is 3.27. The summed E-state index contributed by atoms with van der Waals surface area (Å²) in [6.45, 7) is 3.91. The van der Waals surface area contributed by atoms with Gasteiger partial charge in [-0.1, -0.05) is 54.1 Å². The molecule has 7 nitrogen and oxygen atoms in total. The minimum absolute atomic E-state index is 0.0836. The maximum absolute atomic E-state index is 13.5. The zero-order valence-corrected chi connectivity index (χ0v) is 22.6. The molecule has 2 heterocycles. The second-order valence-electron chi connectivity index (χ2n) is 9.62. The largest absolute Gasteiger partial charge is 0.480 e. The summed E-state index contributed by atoms with van der Waals surface area (Å²) in [6.07, 6.45) is 1.52. The summed E-state index contributed by atoms with van der Waals surface area (Å²) < 4.78 is 35.2. The lowest BCUT2D eigenvalue weighted by molar-refractivity contribution is -0.140. The molecule has 0 amide bonds. The molecule has 2 aliphatic rings. The number of rotatable bonds is 10. The molecular weight excluding hydrogens is 532 g/mol. The highest BCUT2D eigenvalue weighted by atomic mass is 35.5. The van der Waals surface area contributed by atoms with E-state index in [0.29, 0.717) is 24.7 Å². The number of hydrogen-bond acceptors (Lipinski definition) is 6. The van der Waals surface area contributed by atoms with Gasteiger partial charge in [0.15, 0.2) is 0 Å². The number of carboxylic acids is 1. The first kappa shape index (κ1) is 26.3. The molecule has 1 aliphatic carbocycles. The predicted molar refractivity (Wildman–Crippen MR) is 145 cm³/mol. The first-order valence-corrected chi connectivity index (χ1v) is 14.9. The van der Waals surface area contributed by atoms with Crippen molar-refractivity contribution in [2.24, 2.45) is 0 Å². The molecule has 1 aliphatic heterocycles. The van der Waals surface area contributed by atoms with E-state index in [1.165, 1.54) is 6.07 Å². The Morgan fingerprint density at radius 1 is 1.05 bits per heavy atom. The molecule has 2 N–H and O–H groups in total. The zero-order chi connectivity index (χ0) is 26.1. The number of nitrogens with one attached hydrogen (secondary N) is 1. The molecule has 0 bridgehead atoms. The molecule has 2 unspecified atom stereocenters. The molecule has 1 aromatic heterocycles. The van der Waals surface area contributed by atoms with Gasteiger partial charge in [-0.05, 0) is 61.2 Å². The molecule has 2 aromatic carbocycles. The van der Waals surface area contributed by atoms with Gasteiger partial charge in [-0.15, -0.1) is 11.3 Å². The highest BCUT2D eigenvalue weighted by Crippen LogP contribution is 2.61. The standard InChI is InChI=1S/C27H29ClN2O5S2/c28-22-9-7-20(8-10-22)23-11-12-24(36-23)37(33,34)29-27(25(31)32)19-26(27,21-5-2-1-3-6-21)13-4-14-30-15-17-35-18-16-30/h1-3,5-12,29H,4,13-19H2,(H,31,32). The van der Waals surface area contributed by atoms with Crippen LogP contribution in [0, 0.1) is 0 Å². The molecule has 2 fully saturated rings. The highest BCUT2D eigenvalue weighted by molar-refractivity contribution is 7.91. The van der Waals surface area contributed by atoms with Crippen LogP contribution in [0.4, 0.5) is 0 Å². The molecule has 10 heteroatoms. The fourth-order valence-electron chi connectivity index (χ4n) is 5.36. The number of hydrogen-bond donors (Lipinski definition) is 2. The van der Waals surface area contributed by atoms with Crippen LogP contribution in [0.25, 0.3) is 10.4 Å². The van der Waals surface area contributed by atoms with E-state index in [-0.39, 0.29) is 10.6 Å². The van der Waals surface area contributed by atoms with Crippen molar-refractivity contribution in [3.8, 4) is 10.4 Å². The fraction of sp³-hybridized carbons (Fsp3) is 0.370. The third-order valence-corrected chi connectivity index (χ3v) is 10.8. The number of carbonyl (C=O) groups is 1. The normalized spacial score (nSPS) is 24.1. The van der Waals surface area contributed by atoms with Gasteiger partial charge >= 0.3 is 5.97 Å². The van der Waals surface area contributed by atoms with E-state index in [9.17, 15) is 18.3 Å². The summed E-state index contributed by atoms with van der Waals surface area (Å²) in [7, 11) is -4.09. The molecule has 2 atom stereocenters. The summed E-state index contributed by atoms with van der Waals surface area (Å²) in [5, 5.41) is 11.0. The van der Waals surface area contributed by atoms with Crippen molar-refractivity contribution < 1.29 is 23.1 Å². The van der Waals surface area contributed by atoms with Crippen LogP contribution in [-0.4, -0.2) is 62.8 Å². The molecule has 3 aromatic rings. The fourth-order valence-corrected chi connectivity index (χ4v) is 8.22. The Labute approximate surface area is 226 Å². The number of sulfonamides is 1. The first-order chi connectivity index (χ1) is 17.8. The van der Waals surface area contributed by atoms with Crippen molar-refractivity contribution in [1.29, 1.82) is 0 Å². The smallest absolute Gasteiger partial charge is 0.325 e. The summed E-state index contributed by atoms with van der Waals surface area (Å²) in [5.74, 6) is -1.15. The maximum Gasteiger partial charge on any atom is 0.325 e. The van der Waals surface area contributed by atoms with E-state index in [4.69, 9.17) is 16.3 Å². The summed E-state index contributed by atoms with van der Waals surface area (Å²) in [6, 6.07) is 19.8. The number of nitrogens with zero attached hydrogens (tertiary/aromatic N) is 1. The lowest BCUT2D eigenvalue weighted by Crippen LogP contribution is -2.48. The van der Waals surface area contributed by atoms with Crippen molar-refractivity contribution in [3.05, 3.63) is 77.3 Å². The minimum atomic E-state index is -4.09. The van der Waals surface area contributed by atoms with E-state index in [1.54, 1.807) is 18.2 Å². The number of benzene rings is 2. The molecule has 37 heavy (non-hydrogen) atoms. The quantitative estimate of drug-likeness (QED) is 0.375. The van der Waals surface area contributed by atoms with Gasteiger partial charge in [0.25, 0.3) is 10.0 Å². The van der Waals surface area contributed by atoms with Crippen LogP contribution in [0.1, 0.15) is 24.8 Å². The Kier molecular flexibility index (Phi) is 7.46. The first-order valence-electron chi connectivity index (χ1n) is 12.2. The van der Waals surface area contributed by atoms with E-state index < -0.39 is 26.9 Å². The average molecular weight is 561 g/mol. The van der Waals surface area contributed by atoms with Crippen LogP contribution < -0.4 is 4.72 Å². The second kappa shape index (κ2) is 10.5. The Bertz CT molecular complexity index is 1360. The predicted octanol–water partition coefficient (Wildman–Crippen LogP) is 4.62. The molecule has 1 saturated carbocycles. The van der Waals surface area contributed by atoms with Crippen molar-refractivity contribution in [1.82, 2.24) is 9.62 Å². The second-order valence-corrected chi connectivity index (χ2v) is 13.1. The Balaban J connectivity index is 1.40. The van der Waals surface area contributed by atoms with Gasteiger partial charge in [0, 0.05) is 28.4 Å². The Morgan fingerprint density at radius 2 is 1.76 bits per heavy atom.